The van der Waals surface area contributed by atoms with Gasteiger partial charge in [-0.1, -0.05) is 106 Å². The Balaban J connectivity index is 1.22. The molecule has 5 rings (SSSR count). The summed E-state index contributed by atoms with van der Waals surface area (Å²) < 4.78 is 30.1. The van der Waals surface area contributed by atoms with Crippen LogP contribution in [0.3, 0.4) is 0 Å². The van der Waals surface area contributed by atoms with Crippen LogP contribution in [-0.2, 0) is 47.7 Å². The number of hydrogen-bond acceptors (Lipinski definition) is 12. The number of unbranched alkanes of at least 4 members (excludes halogenated alkanes) is 5. The summed E-state index contributed by atoms with van der Waals surface area (Å²) >= 11 is 0. The Hall–Kier alpha value is -2.99. The van der Waals surface area contributed by atoms with Crippen LogP contribution in [0.5, 0.6) is 0 Å². The zero-order valence-corrected chi connectivity index (χ0v) is 51.7. The van der Waals surface area contributed by atoms with Gasteiger partial charge in [-0.25, -0.2) is 0 Å². The number of nitrogens with zero attached hydrogens (tertiary/aromatic N) is 1. The highest BCUT2D eigenvalue weighted by atomic mass is 16.6. The summed E-state index contributed by atoms with van der Waals surface area (Å²) in [4.78, 5) is 67.9. The number of fused-ring (bicyclic) bond motifs is 5. The first-order valence-corrected chi connectivity index (χ1v) is 32.8. The predicted molar refractivity (Wildman–Crippen MR) is 316 cm³/mol. The molecular formula is C67H116N2O10. The number of hydrogen-bond donors (Lipinski definition) is 1. The van der Waals surface area contributed by atoms with E-state index in [1.54, 1.807) is 0 Å². The van der Waals surface area contributed by atoms with Crippen molar-refractivity contribution in [3.63, 3.8) is 0 Å². The van der Waals surface area contributed by atoms with E-state index in [1.165, 1.54) is 51.4 Å². The minimum Gasteiger partial charge on any atom is -0.466 e. The van der Waals surface area contributed by atoms with Crippen LogP contribution in [0.4, 0.5) is 0 Å². The van der Waals surface area contributed by atoms with Crippen molar-refractivity contribution in [2.24, 2.45) is 75.7 Å². The number of allylic oxidation sites excluding steroid dienone is 2. The number of carbonyl (C=O) groups excluding carboxylic acids is 5. The van der Waals surface area contributed by atoms with Gasteiger partial charge in [-0.2, -0.15) is 0 Å². The van der Waals surface area contributed by atoms with E-state index in [1.807, 2.05) is 14.1 Å². The van der Waals surface area contributed by atoms with Crippen LogP contribution < -0.4 is 5.73 Å². The lowest BCUT2D eigenvalue weighted by Crippen LogP contribution is -2.55. The molecule has 0 amide bonds. The summed E-state index contributed by atoms with van der Waals surface area (Å²) in [5.41, 5.74) is 7.69. The maximum Gasteiger partial charge on any atom is 0.306 e. The molecule has 5 saturated carbocycles. The first-order valence-electron chi connectivity index (χ1n) is 32.8. The number of rotatable bonds is 37. The number of nitrogens with two attached hydrogens (primary N) is 1. The Bertz CT molecular complexity index is 1830. The minimum absolute atomic E-state index is 0.0582. The maximum absolute atomic E-state index is 14.0. The van der Waals surface area contributed by atoms with Gasteiger partial charge in [0, 0.05) is 56.4 Å². The second kappa shape index (κ2) is 34.6. The van der Waals surface area contributed by atoms with Crippen molar-refractivity contribution < 1.29 is 47.7 Å². The summed E-state index contributed by atoms with van der Waals surface area (Å²) in [6.07, 6.45) is 31.9. The first kappa shape index (κ1) is 66.8. The molecule has 0 heterocycles. The van der Waals surface area contributed by atoms with Gasteiger partial charge in [0.25, 0.3) is 0 Å². The lowest BCUT2D eigenvalue weighted by Gasteiger charge is -2.61. The van der Waals surface area contributed by atoms with Gasteiger partial charge in [-0.05, 0) is 201 Å². The van der Waals surface area contributed by atoms with Crippen molar-refractivity contribution >= 4 is 29.8 Å². The van der Waals surface area contributed by atoms with E-state index in [4.69, 9.17) is 29.4 Å². The highest BCUT2D eigenvalue weighted by Gasteiger charge is 2.61. The van der Waals surface area contributed by atoms with E-state index in [0.717, 1.165) is 121 Å². The molecule has 5 fully saturated rings. The van der Waals surface area contributed by atoms with E-state index in [-0.39, 0.29) is 104 Å². The highest BCUT2D eigenvalue weighted by molar-refractivity contribution is 5.71. The molecule has 0 spiro atoms. The van der Waals surface area contributed by atoms with Gasteiger partial charge in [0.15, 0.2) is 0 Å². The molecule has 454 valence electrons. The molecule has 6 unspecified atom stereocenters. The molecule has 13 atom stereocenters. The normalized spacial score (nSPS) is 29.3. The molecule has 0 aromatic carbocycles. The predicted octanol–water partition coefficient (Wildman–Crippen LogP) is 14.7. The third-order valence-electron chi connectivity index (χ3n) is 20.7. The SMILES string of the molecule is CC/C=C\CC1C(CC(=O)OCCC(OC(=O)CCCCC(COC(=O)CCCCC)COC(=O)CCCCC)C2CC[C@@]3(C)C(CC[C@H]4[C@@H]5CC[C@H]([C@H](N)CCCC(C)C)[C@@]5(C)CC[C@@H]43)C2)CCC1OC(=O)CCCN(C)C. The molecule has 79 heavy (non-hydrogen) atoms. The zero-order valence-electron chi connectivity index (χ0n) is 51.7. The van der Waals surface area contributed by atoms with Crippen LogP contribution in [0.15, 0.2) is 12.2 Å². The van der Waals surface area contributed by atoms with Crippen molar-refractivity contribution in [1.82, 2.24) is 4.90 Å². The van der Waals surface area contributed by atoms with Crippen molar-refractivity contribution in [3.05, 3.63) is 12.2 Å². The van der Waals surface area contributed by atoms with Gasteiger partial charge in [0.1, 0.15) is 12.2 Å². The topological polar surface area (TPSA) is 161 Å². The van der Waals surface area contributed by atoms with Crippen LogP contribution in [0.25, 0.3) is 0 Å². The van der Waals surface area contributed by atoms with Crippen LogP contribution in [0.2, 0.25) is 0 Å². The van der Waals surface area contributed by atoms with Gasteiger partial charge in [0.2, 0.25) is 0 Å². The van der Waals surface area contributed by atoms with Crippen LogP contribution in [-0.4, -0.2) is 93.5 Å². The number of esters is 5. The average molecular weight is 1110 g/mol. The fraction of sp³-hybridized carbons (Fsp3) is 0.896. The Kier molecular flexibility index (Phi) is 29.2. The smallest absolute Gasteiger partial charge is 0.306 e. The molecule has 0 aliphatic heterocycles. The van der Waals surface area contributed by atoms with Crippen LogP contribution in [0.1, 0.15) is 254 Å². The number of carbonyl (C=O) groups is 5. The highest BCUT2D eigenvalue weighted by Crippen LogP contribution is 2.68. The second-order valence-corrected chi connectivity index (χ2v) is 27.1. The largest absolute Gasteiger partial charge is 0.466 e. The van der Waals surface area contributed by atoms with Gasteiger partial charge in [-0.15, -0.1) is 0 Å². The van der Waals surface area contributed by atoms with E-state index < -0.39 is 0 Å². The molecule has 5 aliphatic rings. The third-order valence-corrected chi connectivity index (χ3v) is 20.7. The fourth-order valence-electron chi connectivity index (χ4n) is 16.1. The Morgan fingerprint density at radius 2 is 1.29 bits per heavy atom. The number of ether oxygens (including phenoxy) is 5. The zero-order chi connectivity index (χ0) is 57.4. The molecule has 0 bridgehead atoms. The lowest BCUT2D eigenvalue weighted by atomic mass is 9.44. The average Bonchev–Trinajstić information content (AvgIpc) is 4.06. The Morgan fingerprint density at radius 1 is 0.633 bits per heavy atom. The quantitative estimate of drug-likeness (QED) is 0.0272. The summed E-state index contributed by atoms with van der Waals surface area (Å²) in [6.45, 7) is 17.6. The van der Waals surface area contributed by atoms with Gasteiger partial charge >= 0.3 is 29.8 Å². The Labute approximate surface area is 481 Å². The van der Waals surface area contributed by atoms with E-state index >= 15 is 0 Å². The molecule has 12 heteroatoms. The molecule has 5 aliphatic carbocycles. The molecule has 0 aromatic heterocycles. The molecule has 0 radical (unpaired) electrons. The minimum atomic E-state index is -0.355. The maximum atomic E-state index is 14.0. The van der Waals surface area contributed by atoms with Gasteiger partial charge < -0.3 is 34.3 Å². The summed E-state index contributed by atoms with van der Waals surface area (Å²) in [5, 5.41) is 0. The molecule has 12 nitrogen and oxygen atoms in total. The van der Waals surface area contributed by atoms with Gasteiger partial charge in [-0.3, -0.25) is 24.0 Å². The van der Waals surface area contributed by atoms with E-state index in [0.29, 0.717) is 74.2 Å². The standard InChI is InChI=1S/C67H116N2O10/c1-10-13-16-25-53-50(31-36-60(53)79-64(73)30-22-42-69(8)9)45-65(74)75-43-39-59(78-63(72)29-20-19-24-49(46-76-61(70)27-17-14-11-2)47-77-62(71)28-18-15-12-3)51-37-40-66(6)52(44-51)32-33-54-55-34-35-57(58(68)26-21-23-48(4)5)67(55,7)41-38-56(54)66/h13,16,48-60H,10-12,14-15,17-47,68H2,1-9H3/b16-13-/t50?,51?,52?,53?,54-,55-,56-,57+,58+,59?,60?,66-,67-/m0/s1. The van der Waals surface area contributed by atoms with E-state index in [9.17, 15) is 24.0 Å². The summed E-state index contributed by atoms with van der Waals surface area (Å²) in [5.74, 6) is 3.22. The first-order chi connectivity index (χ1) is 37.9. The summed E-state index contributed by atoms with van der Waals surface area (Å²) in [6, 6.07) is 0.302. The monoisotopic (exact) mass is 1110 g/mol. The van der Waals surface area contributed by atoms with Crippen molar-refractivity contribution in [2.45, 2.75) is 272 Å². The van der Waals surface area contributed by atoms with Gasteiger partial charge in [0.05, 0.1) is 19.8 Å². The van der Waals surface area contributed by atoms with Crippen molar-refractivity contribution in [3.8, 4) is 0 Å². The second-order valence-electron chi connectivity index (χ2n) is 27.1. The third kappa shape index (κ3) is 21.0. The van der Waals surface area contributed by atoms with E-state index in [2.05, 4.69) is 65.5 Å². The fourth-order valence-corrected chi connectivity index (χ4v) is 16.1. The molecule has 0 aromatic rings. The molecule has 2 N–H and O–H groups in total. The molecular weight excluding hydrogens is 993 g/mol. The van der Waals surface area contributed by atoms with Crippen molar-refractivity contribution in [1.29, 1.82) is 0 Å². The van der Waals surface area contributed by atoms with Crippen LogP contribution >= 0.6 is 0 Å². The molecule has 0 saturated heterocycles. The summed E-state index contributed by atoms with van der Waals surface area (Å²) in [7, 11) is 4.01. The van der Waals surface area contributed by atoms with Crippen molar-refractivity contribution in [2.75, 3.05) is 40.5 Å². The Morgan fingerprint density at radius 3 is 1.96 bits per heavy atom. The lowest BCUT2D eigenvalue weighted by molar-refractivity contribution is -0.161. The van der Waals surface area contributed by atoms with Crippen LogP contribution in [0, 0.1) is 70.0 Å².